The molecule has 1 aromatic heterocycles. The molecule has 15 nitrogen and oxygen atoms in total. The smallest absolute Gasteiger partial charge is 0.326 e. The maximum atomic E-state index is 12.3. The van der Waals surface area contributed by atoms with Crippen molar-refractivity contribution in [2.75, 3.05) is 39.5 Å². The number of hydrogen-bond donors (Lipinski definition) is 7. The number of tetrazole rings is 1. The fourth-order valence-electron chi connectivity index (χ4n) is 5.26. The zero-order valence-electron chi connectivity index (χ0n) is 30.2. The van der Waals surface area contributed by atoms with Gasteiger partial charge in [0.2, 0.25) is 17.7 Å². The molecule has 0 saturated heterocycles. The summed E-state index contributed by atoms with van der Waals surface area (Å²) in [6.45, 7) is 3.66. The van der Waals surface area contributed by atoms with Gasteiger partial charge in [0.15, 0.2) is 5.82 Å². The lowest BCUT2D eigenvalue weighted by Gasteiger charge is -2.14. The minimum absolute atomic E-state index is 0. The highest BCUT2D eigenvalue weighted by Crippen LogP contribution is 2.13. The highest BCUT2D eigenvalue weighted by Gasteiger charge is 2.20. The van der Waals surface area contributed by atoms with E-state index < -0.39 is 12.0 Å². The second kappa shape index (κ2) is 34.3. The number of ether oxygens (including phenoxy) is 2. The van der Waals surface area contributed by atoms with Crippen LogP contribution in [0.2, 0.25) is 0 Å². The van der Waals surface area contributed by atoms with Crippen LogP contribution < -0.4 is 20.7 Å². The standard InChI is InChI=1S/C34H64N8O7S.CH4/c1-28(40-50)17-15-16-22-35-33(45)27-49-26-25-48-24-23-36-31(43)21-20-29(34(46)47)37-32(44)19-14-12-10-8-6-4-2-3-5-7-9-11-13-18-30-38-41-42-39-30;/h28-29,40,50H,2-27H2,1H3,(H,35,45)(H,36,43)(H,37,44)(H,46,47)(H,38,39,41,42);1H4. The summed E-state index contributed by atoms with van der Waals surface area (Å²) < 4.78 is 13.6. The number of thiol groups is 1. The Labute approximate surface area is 311 Å². The van der Waals surface area contributed by atoms with Gasteiger partial charge in [-0.25, -0.2) is 4.79 Å². The van der Waals surface area contributed by atoms with Crippen LogP contribution in [0.3, 0.4) is 0 Å². The predicted molar refractivity (Wildman–Crippen MR) is 201 cm³/mol. The SMILES string of the molecule is C.CC(CCCCNC(=O)COCCOCCNC(=O)CCC(NC(=O)CCCCCCCCCCCCCCCc1nn[nH]n1)C(=O)O)NS. The monoisotopic (exact) mass is 744 g/mol. The number of aryl methyl sites for hydroxylation is 1. The van der Waals surface area contributed by atoms with Crippen LogP contribution in [-0.2, 0) is 35.1 Å². The van der Waals surface area contributed by atoms with E-state index in [0.717, 1.165) is 63.6 Å². The first-order valence-corrected chi connectivity index (χ1v) is 19.1. The van der Waals surface area contributed by atoms with E-state index in [0.29, 0.717) is 12.6 Å². The summed E-state index contributed by atoms with van der Waals surface area (Å²) in [7, 11) is 0. The first kappa shape index (κ1) is 48.2. The molecule has 296 valence electrons. The number of aromatic amines is 1. The number of unbranched alkanes of at least 4 members (excludes halogenated alkanes) is 13. The normalized spacial score (nSPS) is 12.1. The lowest BCUT2D eigenvalue weighted by atomic mass is 10.0. The number of rotatable bonds is 35. The lowest BCUT2D eigenvalue weighted by molar-refractivity contribution is -0.142. The third kappa shape index (κ3) is 30.5. The number of H-pyrrole nitrogens is 1. The molecule has 0 aliphatic carbocycles. The third-order valence-corrected chi connectivity index (χ3v) is 8.71. The van der Waals surface area contributed by atoms with Crippen molar-refractivity contribution in [3.05, 3.63) is 5.82 Å². The van der Waals surface area contributed by atoms with Gasteiger partial charge in [-0.1, -0.05) is 103 Å². The molecule has 0 aromatic carbocycles. The van der Waals surface area contributed by atoms with Gasteiger partial charge in [0.05, 0.1) is 19.8 Å². The molecule has 2 atom stereocenters. The summed E-state index contributed by atoms with van der Waals surface area (Å²) in [4.78, 5) is 47.8. The van der Waals surface area contributed by atoms with E-state index >= 15 is 0 Å². The van der Waals surface area contributed by atoms with E-state index in [-0.39, 0.29) is 77.4 Å². The van der Waals surface area contributed by atoms with Crippen molar-refractivity contribution in [2.24, 2.45) is 0 Å². The Kier molecular flexibility index (Phi) is 32.4. The quantitative estimate of drug-likeness (QED) is 0.0382. The Bertz CT molecular complexity index is 1010. The molecule has 1 rings (SSSR count). The molecule has 0 bridgehead atoms. The summed E-state index contributed by atoms with van der Waals surface area (Å²) >= 11 is 4.02. The number of nitrogens with zero attached hydrogens (tertiary/aromatic N) is 3. The summed E-state index contributed by atoms with van der Waals surface area (Å²) in [6, 6.07) is -0.766. The van der Waals surface area contributed by atoms with Gasteiger partial charge in [0.25, 0.3) is 0 Å². The molecule has 1 heterocycles. The number of aliphatic carboxylic acids is 1. The summed E-state index contributed by atoms with van der Waals surface area (Å²) in [5.41, 5.74) is 0. The number of carbonyl (C=O) groups is 4. The Hall–Kier alpha value is -2.82. The van der Waals surface area contributed by atoms with Gasteiger partial charge in [0, 0.05) is 38.4 Å². The Morgan fingerprint density at radius 2 is 1.33 bits per heavy atom. The predicted octanol–water partition coefficient (Wildman–Crippen LogP) is 4.45. The van der Waals surface area contributed by atoms with Crippen molar-refractivity contribution in [2.45, 2.75) is 155 Å². The van der Waals surface area contributed by atoms with Gasteiger partial charge in [-0.3, -0.25) is 19.1 Å². The van der Waals surface area contributed by atoms with Crippen LogP contribution in [0, 0.1) is 0 Å². The molecule has 51 heavy (non-hydrogen) atoms. The maximum Gasteiger partial charge on any atom is 0.326 e. The van der Waals surface area contributed by atoms with E-state index in [1.807, 2.05) is 0 Å². The molecule has 1 aromatic rings. The van der Waals surface area contributed by atoms with Crippen LogP contribution in [0.5, 0.6) is 0 Å². The van der Waals surface area contributed by atoms with Gasteiger partial charge in [-0.15, -0.1) is 10.2 Å². The van der Waals surface area contributed by atoms with Gasteiger partial charge in [-0.05, 0) is 39.0 Å². The maximum absolute atomic E-state index is 12.3. The molecular weight excluding hydrogens is 677 g/mol. The summed E-state index contributed by atoms with van der Waals surface area (Å²) in [5, 5.41) is 31.5. The largest absolute Gasteiger partial charge is 0.480 e. The second-order valence-electron chi connectivity index (χ2n) is 12.8. The Morgan fingerprint density at radius 1 is 0.725 bits per heavy atom. The number of carboxylic acid groups (broad SMARTS) is 1. The average Bonchev–Trinajstić information content (AvgIpc) is 3.62. The van der Waals surface area contributed by atoms with E-state index in [1.165, 1.54) is 51.4 Å². The molecule has 16 heteroatoms. The van der Waals surface area contributed by atoms with Crippen molar-refractivity contribution in [1.82, 2.24) is 41.3 Å². The molecule has 0 fully saturated rings. The molecule has 0 radical (unpaired) electrons. The number of hydrogen-bond acceptors (Lipinski definition) is 11. The van der Waals surface area contributed by atoms with Crippen LogP contribution in [0.1, 0.15) is 142 Å². The number of aromatic nitrogens is 4. The van der Waals surface area contributed by atoms with E-state index in [4.69, 9.17) is 9.47 Å². The van der Waals surface area contributed by atoms with Crippen LogP contribution >= 0.6 is 12.8 Å². The van der Waals surface area contributed by atoms with Crippen molar-refractivity contribution >= 4 is 36.5 Å². The van der Waals surface area contributed by atoms with E-state index in [9.17, 15) is 24.3 Å². The molecule has 6 N–H and O–H groups in total. The number of nitrogens with one attached hydrogen (secondary N) is 5. The second-order valence-corrected chi connectivity index (χ2v) is 13.1. The van der Waals surface area contributed by atoms with E-state index in [2.05, 4.69) is 61.0 Å². The molecule has 0 aliphatic rings. The molecule has 2 unspecified atom stereocenters. The van der Waals surface area contributed by atoms with Gasteiger partial charge in [-0.2, -0.15) is 5.21 Å². The zero-order chi connectivity index (χ0) is 36.5. The minimum Gasteiger partial charge on any atom is -0.480 e. The summed E-state index contributed by atoms with van der Waals surface area (Å²) in [5.74, 6) is -1.14. The summed E-state index contributed by atoms with van der Waals surface area (Å²) in [6.07, 6.45) is 19.0. The molecular formula is C35H68N8O7S. The van der Waals surface area contributed by atoms with Crippen LogP contribution in [0.15, 0.2) is 0 Å². The van der Waals surface area contributed by atoms with Crippen LogP contribution in [-0.4, -0.2) is 101 Å². The van der Waals surface area contributed by atoms with Gasteiger partial charge < -0.3 is 30.5 Å². The first-order chi connectivity index (χ1) is 24.3. The first-order valence-electron chi connectivity index (χ1n) is 18.6. The Balaban J connectivity index is 0.0000250. The van der Waals surface area contributed by atoms with Crippen LogP contribution in [0.4, 0.5) is 0 Å². The van der Waals surface area contributed by atoms with Crippen molar-refractivity contribution in [3.8, 4) is 0 Å². The Morgan fingerprint density at radius 3 is 1.94 bits per heavy atom. The van der Waals surface area contributed by atoms with Crippen molar-refractivity contribution < 1.29 is 33.8 Å². The molecule has 0 aliphatic heterocycles. The number of carbonyl (C=O) groups excluding carboxylic acids is 3. The van der Waals surface area contributed by atoms with Gasteiger partial charge >= 0.3 is 5.97 Å². The number of carboxylic acids is 1. The highest BCUT2D eigenvalue weighted by molar-refractivity contribution is 7.78. The highest BCUT2D eigenvalue weighted by atomic mass is 32.1. The minimum atomic E-state index is -1.15. The lowest BCUT2D eigenvalue weighted by Crippen LogP contribution is -2.41. The number of amides is 3. The molecule has 0 saturated carbocycles. The van der Waals surface area contributed by atoms with E-state index in [1.54, 1.807) is 0 Å². The fraction of sp³-hybridized carbons (Fsp3) is 0.857. The molecule has 3 amide bonds. The third-order valence-electron chi connectivity index (χ3n) is 8.27. The zero-order valence-corrected chi connectivity index (χ0v) is 31.1. The van der Waals surface area contributed by atoms with Crippen molar-refractivity contribution in [1.29, 1.82) is 0 Å². The van der Waals surface area contributed by atoms with Crippen LogP contribution in [0.25, 0.3) is 0 Å². The fourth-order valence-corrected chi connectivity index (χ4v) is 5.38. The molecule has 0 spiro atoms. The van der Waals surface area contributed by atoms with Crippen molar-refractivity contribution in [3.63, 3.8) is 0 Å². The topological polar surface area (TPSA) is 210 Å². The average molecular weight is 745 g/mol. The van der Waals surface area contributed by atoms with Gasteiger partial charge in [0.1, 0.15) is 12.6 Å².